The van der Waals surface area contributed by atoms with E-state index in [0.29, 0.717) is 5.92 Å². The van der Waals surface area contributed by atoms with Crippen LogP contribution >= 0.6 is 0 Å². The molecule has 1 aliphatic carbocycles. The van der Waals surface area contributed by atoms with E-state index in [-0.39, 0.29) is 11.3 Å². The van der Waals surface area contributed by atoms with E-state index >= 15 is 0 Å². The van der Waals surface area contributed by atoms with Gasteiger partial charge in [-0.25, -0.2) is 0 Å². The van der Waals surface area contributed by atoms with Crippen LogP contribution in [0.3, 0.4) is 0 Å². The molecule has 1 N–H and O–H groups in total. The van der Waals surface area contributed by atoms with Gasteiger partial charge in [0.05, 0.1) is 5.92 Å². The minimum Gasteiger partial charge on any atom is -0.481 e. The molecule has 70 valence electrons. The smallest absolute Gasteiger partial charge is 0.307 e. The lowest BCUT2D eigenvalue weighted by Gasteiger charge is -2.38. The number of carboxylic acid groups (broad SMARTS) is 1. The predicted molar refractivity (Wildman–Crippen MR) is 47.9 cm³/mol. The molecule has 1 atom stereocenters. The third kappa shape index (κ3) is 1.79. The van der Waals surface area contributed by atoms with Gasteiger partial charge in [0.25, 0.3) is 0 Å². The zero-order chi connectivity index (χ0) is 9.35. The van der Waals surface area contributed by atoms with Crippen LogP contribution in [0.15, 0.2) is 0 Å². The lowest BCUT2D eigenvalue weighted by Crippen LogP contribution is -2.38. The molecule has 0 radical (unpaired) electrons. The first-order valence-electron chi connectivity index (χ1n) is 4.65. The van der Waals surface area contributed by atoms with Crippen LogP contribution in [0.4, 0.5) is 0 Å². The summed E-state index contributed by atoms with van der Waals surface area (Å²) in [6.45, 7) is 6.05. The highest BCUT2D eigenvalue weighted by atomic mass is 16.4. The summed E-state index contributed by atoms with van der Waals surface area (Å²) in [5, 5.41) is 9.04. The van der Waals surface area contributed by atoms with Gasteiger partial charge in [-0.1, -0.05) is 27.2 Å². The van der Waals surface area contributed by atoms with Crippen molar-refractivity contribution in [3.05, 3.63) is 0 Å². The van der Waals surface area contributed by atoms with Gasteiger partial charge in [0, 0.05) is 0 Å². The van der Waals surface area contributed by atoms with Crippen molar-refractivity contribution in [2.45, 2.75) is 40.0 Å². The van der Waals surface area contributed by atoms with E-state index in [1.807, 2.05) is 20.8 Å². The third-order valence-electron chi connectivity index (χ3n) is 2.82. The van der Waals surface area contributed by atoms with E-state index in [1.54, 1.807) is 0 Å². The second kappa shape index (κ2) is 3.08. The zero-order valence-electron chi connectivity index (χ0n) is 8.13. The molecular weight excluding hydrogens is 152 g/mol. The van der Waals surface area contributed by atoms with Gasteiger partial charge in [-0.3, -0.25) is 4.79 Å². The van der Waals surface area contributed by atoms with Crippen LogP contribution < -0.4 is 0 Å². The molecule has 1 aliphatic rings. The first-order valence-corrected chi connectivity index (χ1v) is 4.65. The van der Waals surface area contributed by atoms with Gasteiger partial charge in [-0.2, -0.15) is 0 Å². The Hall–Kier alpha value is -0.530. The topological polar surface area (TPSA) is 37.3 Å². The molecule has 0 saturated heterocycles. The Bertz CT molecular complexity index is 175. The van der Waals surface area contributed by atoms with E-state index in [0.717, 1.165) is 12.8 Å². The summed E-state index contributed by atoms with van der Waals surface area (Å²) in [5.74, 6) is -0.332. The normalized spacial score (nSPS) is 21.6. The average molecular weight is 170 g/mol. The molecule has 1 fully saturated rings. The quantitative estimate of drug-likeness (QED) is 0.691. The molecule has 0 aromatic carbocycles. The largest absolute Gasteiger partial charge is 0.481 e. The fourth-order valence-electron chi connectivity index (χ4n) is 2.05. The fourth-order valence-corrected chi connectivity index (χ4v) is 2.05. The van der Waals surface area contributed by atoms with Crippen LogP contribution in [0, 0.1) is 17.3 Å². The Labute approximate surface area is 74.0 Å². The highest BCUT2D eigenvalue weighted by Crippen LogP contribution is 2.42. The molecule has 0 amide bonds. The molecular formula is C10H18O2. The van der Waals surface area contributed by atoms with Gasteiger partial charge in [-0.15, -0.1) is 0 Å². The summed E-state index contributed by atoms with van der Waals surface area (Å²) in [5.41, 5.74) is -0.0864. The fraction of sp³-hybridized carbons (Fsp3) is 0.900. The summed E-state index contributed by atoms with van der Waals surface area (Å²) in [4.78, 5) is 11.0. The SMILES string of the molecule is CC(C)(C)C(C(=O)O)C1CCC1. The van der Waals surface area contributed by atoms with E-state index in [1.165, 1.54) is 6.42 Å². The average Bonchev–Trinajstić information content (AvgIpc) is 1.73. The standard InChI is InChI=1S/C10H18O2/c1-10(2,3)8(9(11)12)7-5-4-6-7/h7-8H,4-6H2,1-3H3,(H,11,12). The van der Waals surface area contributed by atoms with E-state index < -0.39 is 5.97 Å². The maximum absolute atomic E-state index is 11.0. The van der Waals surface area contributed by atoms with Crippen LogP contribution in [0.5, 0.6) is 0 Å². The molecule has 1 rings (SSSR count). The van der Waals surface area contributed by atoms with Crippen LogP contribution in [0.25, 0.3) is 0 Å². The molecule has 0 aromatic rings. The van der Waals surface area contributed by atoms with Crippen LogP contribution in [-0.4, -0.2) is 11.1 Å². The van der Waals surface area contributed by atoms with Crippen molar-refractivity contribution in [2.75, 3.05) is 0 Å². The first-order chi connectivity index (χ1) is 5.43. The Morgan fingerprint density at radius 3 is 2.00 bits per heavy atom. The van der Waals surface area contributed by atoms with E-state index in [4.69, 9.17) is 5.11 Å². The van der Waals surface area contributed by atoms with Crippen LogP contribution in [0.2, 0.25) is 0 Å². The maximum atomic E-state index is 11.0. The molecule has 2 heteroatoms. The summed E-state index contributed by atoms with van der Waals surface area (Å²) in [6.07, 6.45) is 3.42. The molecule has 0 aromatic heterocycles. The van der Waals surface area contributed by atoms with Gasteiger partial charge in [0.15, 0.2) is 0 Å². The van der Waals surface area contributed by atoms with Gasteiger partial charge in [-0.05, 0) is 24.2 Å². The number of aliphatic carboxylic acids is 1. The number of rotatable bonds is 2. The number of hydrogen-bond acceptors (Lipinski definition) is 1. The Morgan fingerprint density at radius 2 is 1.92 bits per heavy atom. The monoisotopic (exact) mass is 170 g/mol. The van der Waals surface area contributed by atoms with Crippen molar-refractivity contribution in [2.24, 2.45) is 17.3 Å². The van der Waals surface area contributed by atoms with Crippen LogP contribution in [0.1, 0.15) is 40.0 Å². The van der Waals surface area contributed by atoms with E-state index in [2.05, 4.69) is 0 Å². The molecule has 0 aliphatic heterocycles. The number of carbonyl (C=O) groups is 1. The predicted octanol–water partition coefficient (Wildman–Crippen LogP) is 2.53. The van der Waals surface area contributed by atoms with Crippen molar-refractivity contribution >= 4 is 5.97 Å². The Balaban J connectivity index is 2.67. The lowest BCUT2D eigenvalue weighted by molar-refractivity contribution is -0.150. The van der Waals surface area contributed by atoms with Crippen molar-refractivity contribution < 1.29 is 9.90 Å². The lowest BCUT2D eigenvalue weighted by atomic mass is 9.65. The Kier molecular flexibility index (Phi) is 2.45. The molecule has 2 nitrogen and oxygen atoms in total. The third-order valence-corrected chi connectivity index (χ3v) is 2.82. The van der Waals surface area contributed by atoms with Crippen molar-refractivity contribution in [1.29, 1.82) is 0 Å². The van der Waals surface area contributed by atoms with Crippen molar-refractivity contribution in [1.82, 2.24) is 0 Å². The molecule has 1 saturated carbocycles. The maximum Gasteiger partial charge on any atom is 0.307 e. The number of carboxylic acids is 1. The highest BCUT2D eigenvalue weighted by Gasteiger charge is 2.40. The highest BCUT2D eigenvalue weighted by molar-refractivity contribution is 5.71. The minimum absolute atomic E-state index is 0.0864. The molecule has 1 unspecified atom stereocenters. The van der Waals surface area contributed by atoms with Crippen molar-refractivity contribution in [3.63, 3.8) is 0 Å². The molecule has 12 heavy (non-hydrogen) atoms. The zero-order valence-corrected chi connectivity index (χ0v) is 8.13. The molecule has 0 heterocycles. The van der Waals surface area contributed by atoms with Gasteiger partial charge < -0.3 is 5.11 Å². The summed E-state index contributed by atoms with van der Waals surface area (Å²) in [7, 11) is 0. The molecule has 0 spiro atoms. The number of hydrogen-bond donors (Lipinski definition) is 1. The van der Waals surface area contributed by atoms with Crippen molar-refractivity contribution in [3.8, 4) is 0 Å². The first kappa shape index (κ1) is 9.56. The second-order valence-corrected chi connectivity index (χ2v) is 4.87. The molecule has 0 bridgehead atoms. The summed E-state index contributed by atoms with van der Waals surface area (Å²) in [6, 6.07) is 0. The van der Waals surface area contributed by atoms with Gasteiger partial charge >= 0.3 is 5.97 Å². The minimum atomic E-state index is -0.618. The van der Waals surface area contributed by atoms with Gasteiger partial charge in [0.1, 0.15) is 0 Å². The van der Waals surface area contributed by atoms with Crippen LogP contribution in [-0.2, 0) is 4.79 Å². The summed E-state index contributed by atoms with van der Waals surface area (Å²) >= 11 is 0. The van der Waals surface area contributed by atoms with E-state index in [9.17, 15) is 4.79 Å². The van der Waals surface area contributed by atoms with Gasteiger partial charge in [0.2, 0.25) is 0 Å². The second-order valence-electron chi connectivity index (χ2n) is 4.87. The Morgan fingerprint density at radius 1 is 1.42 bits per heavy atom. The summed E-state index contributed by atoms with van der Waals surface area (Å²) < 4.78 is 0.